The Balaban J connectivity index is 1.10. The highest BCUT2D eigenvalue weighted by molar-refractivity contribution is 5.88. The number of para-hydroxylation sites is 1. The molecular weight excluding hydrogens is 380 g/mol. The summed E-state index contributed by atoms with van der Waals surface area (Å²) in [5.74, 6) is 2.09. The lowest BCUT2D eigenvalue weighted by molar-refractivity contribution is -0.177. The van der Waals surface area contributed by atoms with Crippen molar-refractivity contribution in [3.63, 3.8) is 0 Å². The molecule has 7 rings (SSSR count). The lowest BCUT2D eigenvalue weighted by Gasteiger charge is -2.57. The van der Waals surface area contributed by atoms with Gasteiger partial charge in [-0.2, -0.15) is 0 Å². The number of rotatable bonds is 3. The highest BCUT2D eigenvalue weighted by Crippen LogP contribution is 2.56. The van der Waals surface area contributed by atoms with Gasteiger partial charge in [0.15, 0.2) is 0 Å². The molecule has 1 amide bonds. The fourth-order valence-corrected chi connectivity index (χ4v) is 6.68. The second kappa shape index (κ2) is 6.80. The van der Waals surface area contributed by atoms with Gasteiger partial charge < -0.3 is 20.1 Å². The largest absolute Gasteiger partial charge is 0.446 e. The SMILES string of the molecule is O=C(O[C@H]1C2CC3CC1C[C@](O)(C3)C2)N1CC[C@@H](Nc2ncnc3ccccc23)C1. The van der Waals surface area contributed by atoms with E-state index in [0.29, 0.717) is 30.8 Å². The van der Waals surface area contributed by atoms with E-state index in [9.17, 15) is 9.90 Å². The van der Waals surface area contributed by atoms with Gasteiger partial charge in [0.25, 0.3) is 0 Å². The number of hydrogen-bond donors (Lipinski definition) is 2. The highest BCUT2D eigenvalue weighted by Gasteiger charge is 2.56. The van der Waals surface area contributed by atoms with Gasteiger partial charge in [-0.15, -0.1) is 0 Å². The molecule has 158 valence electrons. The highest BCUT2D eigenvalue weighted by atomic mass is 16.6. The summed E-state index contributed by atoms with van der Waals surface area (Å²) < 4.78 is 6.05. The number of amides is 1. The molecule has 1 saturated heterocycles. The summed E-state index contributed by atoms with van der Waals surface area (Å²) in [5.41, 5.74) is 0.412. The quantitative estimate of drug-likeness (QED) is 0.811. The molecule has 7 heteroatoms. The van der Waals surface area contributed by atoms with Crippen molar-refractivity contribution in [3.8, 4) is 0 Å². The Labute approximate surface area is 175 Å². The van der Waals surface area contributed by atoms with Crippen molar-refractivity contribution in [3.05, 3.63) is 30.6 Å². The van der Waals surface area contributed by atoms with E-state index in [1.165, 1.54) is 0 Å². The fraction of sp³-hybridized carbons (Fsp3) is 0.609. The van der Waals surface area contributed by atoms with Crippen LogP contribution in [0.5, 0.6) is 0 Å². The first kappa shape index (κ1) is 18.4. The maximum absolute atomic E-state index is 12.9. The number of fused-ring (bicyclic) bond motifs is 1. The number of benzene rings is 1. The van der Waals surface area contributed by atoms with E-state index < -0.39 is 5.60 Å². The number of carbonyl (C=O) groups is 1. The molecule has 3 atom stereocenters. The van der Waals surface area contributed by atoms with E-state index in [0.717, 1.165) is 55.2 Å². The van der Waals surface area contributed by atoms with E-state index in [2.05, 4.69) is 15.3 Å². The average Bonchev–Trinajstić information content (AvgIpc) is 3.18. The van der Waals surface area contributed by atoms with Crippen LogP contribution in [0.25, 0.3) is 10.9 Å². The maximum atomic E-state index is 12.9. The molecule has 30 heavy (non-hydrogen) atoms. The average molecular weight is 409 g/mol. The second-order valence-electron chi connectivity index (χ2n) is 9.86. The van der Waals surface area contributed by atoms with E-state index in [4.69, 9.17) is 4.74 Å². The zero-order valence-corrected chi connectivity index (χ0v) is 17.0. The van der Waals surface area contributed by atoms with Gasteiger partial charge >= 0.3 is 6.09 Å². The van der Waals surface area contributed by atoms with Crippen LogP contribution in [0.15, 0.2) is 30.6 Å². The monoisotopic (exact) mass is 408 g/mol. The minimum absolute atomic E-state index is 0.0212. The molecule has 5 aliphatic rings. The lowest BCUT2D eigenvalue weighted by Crippen LogP contribution is -2.58. The molecule has 1 aromatic carbocycles. The predicted octanol–water partition coefficient (Wildman–Crippen LogP) is 3.19. The number of hydrogen-bond acceptors (Lipinski definition) is 6. The van der Waals surface area contributed by atoms with Crippen LogP contribution in [0, 0.1) is 17.8 Å². The minimum Gasteiger partial charge on any atom is -0.446 e. The minimum atomic E-state index is -0.498. The number of ether oxygens (including phenoxy) is 1. The molecule has 2 heterocycles. The molecule has 2 N–H and O–H groups in total. The third kappa shape index (κ3) is 3.11. The van der Waals surface area contributed by atoms with Gasteiger partial charge in [0, 0.05) is 24.5 Å². The summed E-state index contributed by atoms with van der Waals surface area (Å²) >= 11 is 0. The normalized spacial score (nSPS) is 37.0. The summed E-state index contributed by atoms with van der Waals surface area (Å²) in [6, 6.07) is 8.09. The third-order valence-electron chi connectivity index (χ3n) is 7.72. The van der Waals surface area contributed by atoms with Gasteiger partial charge in [0.1, 0.15) is 18.2 Å². The summed E-state index contributed by atoms with van der Waals surface area (Å²) in [6.07, 6.45) is 6.95. The number of likely N-dealkylation sites (tertiary alicyclic amines) is 1. The smallest absolute Gasteiger partial charge is 0.410 e. The van der Waals surface area contributed by atoms with Gasteiger partial charge in [0.05, 0.1) is 11.1 Å². The maximum Gasteiger partial charge on any atom is 0.410 e. The van der Waals surface area contributed by atoms with Crippen LogP contribution in [0.1, 0.15) is 38.5 Å². The Morgan fingerprint density at radius 3 is 2.77 bits per heavy atom. The standard InChI is InChI=1S/C23H28N4O3/c28-22(30-20-15-7-14-8-16(20)11-23(29,9-14)10-15)27-6-5-17(12-27)26-21-18-3-1-2-4-19(18)24-13-25-21/h1-4,13-17,20,29H,5-12H2,(H,24,25,26)/t14?,15?,16?,17-,20-,23-/m1/s1. The molecule has 2 aromatic rings. The molecule has 1 aromatic heterocycles. The molecule has 1 aliphatic heterocycles. The molecule has 0 spiro atoms. The van der Waals surface area contributed by atoms with Gasteiger partial charge in [-0.3, -0.25) is 0 Å². The van der Waals surface area contributed by atoms with E-state index in [1.807, 2.05) is 29.2 Å². The summed E-state index contributed by atoms with van der Waals surface area (Å²) in [7, 11) is 0. The van der Waals surface area contributed by atoms with Gasteiger partial charge in [-0.05, 0) is 68.4 Å². The third-order valence-corrected chi connectivity index (χ3v) is 7.72. The van der Waals surface area contributed by atoms with Crippen LogP contribution in [-0.2, 0) is 4.74 Å². The molecule has 4 aliphatic carbocycles. The molecule has 0 radical (unpaired) electrons. The topological polar surface area (TPSA) is 87.6 Å². The van der Waals surface area contributed by atoms with Gasteiger partial charge in [-0.1, -0.05) is 12.1 Å². The lowest BCUT2D eigenvalue weighted by atomic mass is 9.53. The Hall–Kier alpha value is -2.41. The molecule has 2 unspecified atom stereocenters. The van der Waals surface area contributed by atoms with Crippen LogP contribution in [0.3, 0.4) is 0 Å². The summed E-state index contributed by atoms with van der Waals surface area (Å²) in [6.45, 7) is 1.31. The first-order chi connectivity index (χ1) is 14.6. The van der Waals surface area contributed by atoms with E-state index in [-0.39, 0.29) is 18.2 Å². The Bertz CT molecular complexity index is 961. The van der Waals surface area contributed by atoms with Crippen LogP contribution < -0.4 is 5.32 Å². The Kier molecular flexibility index (Phi) is 4.17. The number of nitrogens with zero attached hydrogens (tertiary/aromatic N) is 3. The molecule has 5 fully saturated rings. The number of aliphatic hydroxyl groups is 1. The van der Waals surface area contributed by atoms with Crippen molar-refractivity contribution < 1.29 is 14.6 Å². The van der Waals surface area contributed by atoms with Gasteiger partial charge in [0.2, 0.25) is 0 Å². The summed E-state index contributed by atoms with van der Waals surface area (Å²) in [5, 5.41) is 15.2. The predicted molar refractivity (Wildman–Crippen MR) is 112 cm³/mol. The van der Waals surface area contributed by atoms with Crippen molar-refractivity contribution in [2.24, 2.45) is 17.8 Å². The van der Waals surface area contributed by atoms with Gasteiger partial charge in [-0.25, -0.2) is 14.8 Å². The van der Waals surface area contributed by atoms with Crippen LogP contribution >= 0.6 is 0 Å². The van der Waals surface area contributed by atoms with Crippen molar-refractivity contribution >= 4 is 22.8 Å². The van der Waals surface area contributed by atoms with Crippen molar-refractivity contribution in [2.45, 2.75) is 56.3 Å². The zero-order chi connectivity index (χ0) is 20.3. The number of aromatic nitrogens is 2. The van der Waals surface area contributed by atoms with E-state index in [1.54, 1.807) is 6.33 Å². The van der Waals surface area contributed by atoms with Crippen molar-refractivity contribution in [1.82, 2.24) is 14.9 Å². The summed E-state index contributed by atoms with van der Waals surface area (Å²) in [4.78, 5) is 23.5. The van der Waals surface area contributed by atoms with E-state index >= 15 is 0 Å². The number of carbonyl (C=O) groups excluding carboxylic acids is 1. The van der Waals surface area contributed by atoms with Crippen molar-refractivity contribution in [2.75, 3.05) is 18.4 Å². The molecule has 4 saturated carbocycles. The van der Waals surface area contributed by atoms with Crippen molar-refractivity contribution in [1.29, 1.82) is 0 Å². The molecule has 7 nitrogen and oxygen atoms in total. The second-order valence-corrected chi connectivity index (χ2v) is 9.86. The number of nitrogens with one attached hydrogen (secondary N) is 1. The Morgan fingerprint density at radius 1 is 1.17 bits per heavy atom. The number of anilines is 1. The van der Waals surface area contributed by atoms with Crippen LogP contribution in [-0.4, -0.2) is 56.9 Å². The Morgan fingerprint density at radius 2 is 1.97 bits per heavy atom. The fourth-order valence-electron chi connectivity index (χ4n) is 6.68. The van der Waals surface area contributed by atoms with Crippen LogP contribution in [0.4, 0.5) is 10.6 Å². The first-order valence-corrected chi connectivity index (χ1v) is 11.2. The zero-order valence-electron chi connectivity index (χ0n) is 17.0. The molecule has 4 bridgehead atoms. The first-order valence-electron chi connectivity index (χ1n) is 11.2. The molecular formula is C23H28N4O3. The van der Waals surface area contributed by atoms with Crippen LogP contribution in [0.2, 0.25) is 0 Å².